The molecule has 0 aliphatic rings. The average Bonchev–Trinajstić information content (AvgIpc) is 2.32. The molecule has 0 heterocycles. The molecule has 0 saturated carbocycles. The van der Waals surface area contributed by atoms with E-state index in [1.807, 2.05) is 18.2 Å². The molecule has 0 fully saturated rings. The van der Waals surface area contributed by atoms with Crippen molar-refractivity contribution in [2.45, 2.75) is 13.5 Å². The van der Waals surface area contributed by atoms with Crippen LogP contribution in [0.1, 0.15) is 11.1 Å². The molecule has 0 aromatic heterocycles. The van der Waals surface area contributed by atoms with Crippen molar-refractivity contribution in [2.75, 3.05) is 0 Å². The monoisotopic (exact) mass is 324 g/mol. The van der Waals surface area contributed by atoms with Gasteiger partial charge in [-0.3, -0.25) is 0 Å². The zero-order valence-corrected chi connectivity index (χ0v) is 11.3. The van der Waals surface area contributed by atoms with Crippen LogP contribution in [0.5, 0.6) is 5.75 Å². The average molecular weight is 324 g/mol. The van der Waals surface area contributed by atoms with Gasteiger partial charge in [-0.2, -0.15) is 0 Å². The Labute approximate surface area is 110 Å². The number of benzene rings is 2. The molecule has 0 aliphatic heterocycles. The Morgan fingerprint density at radius 3 is 2.56 bits per heavy atom. The minimum Gasteiger partial charge on any atom is -0.488 e. The molecule has 0 unspecified atom stereocenters. The maximum Gasteiger partial charge on any atom is 0.133 e. The topological polar surface area (TPSA) is 9.23 Å². The van der Waals surface area contributed by atoms with E-state index in [9.17, 15) is 0 Å². The number of rotatable bonds is 3. The van der Waals surface area contributed by atoms with Gasteiger partial charge in [0.2, 0.25) is 0 Å². The lowest BCUT2D eigenvalue weighted by atomic mass is 10.2. The molecule has 16 heavy (non-hydrogen) atoms. The van der Waals surface area contributed by atoms with Crippen molar-refractivity contribution >= 4 is 22.6 Å². The summed E-state index contributed by atoms with van der Waals surface area (Å²) in [6, 6.07) is 16.5. The molecule has 2 heteroatoms. The zero-order chi connectivity index (χ0) is 11.4. The molecule has 0 amide bonds. The highest BCUT2D eigenvalue weighted by atomic mass is 127. The van der Waals surface area contributed by atoms with E-state index in [4.69, 9.17) is 4.74 Å². The predicted molar refractivity (Wildman–Crippen MR) is 74.7 cm³/mol. The first kappa shape index (κ1) is 11.5. The minimum absolute atomic E-state index is 0.625. The van der Waals surface area contributed by atoms with Gasteiger partial charge >= 0.3 is 0 Å². The quantitative estimate of drug-likeness (QED) is 0.770. The van der Waals surface area contributed by atoms with Crippen LogP contribution in [0.4, 0.5) is 0 Å². The molecular formula is C14H13IO. The first-order valence-corrected chi connectivity index (χ1v) is 6.26. The van der Waals surface area contributed by atoms with Gasteiger partial charge in [0.1, 0.15) is 12.4 Å². The Hall–Kier alpha value is -1.03. The van der Waals surface area contributed by atoms with Crippen molar-refractivity contribution in [3.05, 3.63) is 63.2 Å². The van der Waals surface area contributed by atoms with Gasteiger partial charge in [0.15, 0.2) is 0 Å². The van der Waals surface area contributed by atoms with Crippen LogP contribution in [0.3, 0.4) is 0 Å². The molecule has 0 saturated heterocycles. The lowest BCUT2D eigenvalue weighted by Gasteiger charge is -2.08. The maximum atomic E-state index is 5.80. The molecular weight excluding hydrogens is 311 g/mol. The molecule has 0 radical (unpaired) electrons. The maximum absolute atomic E-state index is 5.80. The summed E-state index contributed by atoms with van der Waals surface area (Å²) in [7, 11) is 0. The van der Waals surface area contributed by atoms with Gasteiger partial charge in [-0.15, -0.1) is 0 Å². The van der Waals surface area contributed by atoms with E-state index in [1.54, 1.807) is 0 Å². The number of aryl methyl sites for hydroxylation is 1. The molecule has 0 atom stereocenters. The third-order valence-corrected chi connectivity index (χ3v) is 3.22. The summed E-state index contributed by atoms with van der Waals surface area (Å²) in [5, 5.41) is 0. The Bertz CT molecular complexity index is 465. The van der Waals surface area contributed by atoms with E-state index in [2.05, 4.69) is 59.8 Å². The van der Waals surface area contributed by atoms with Crippen molar-refractivity contribution in [1.29, 1.82) is 0 Å². The molecule has 0 aliphatic carbocycles. The van der Waals surface area contributed by atoms with Crippen molar-refractivity contribution in [2.24, 2.45) is 0 Å². The smallest absolute Gasteiger partial charge is 0.133 e. The van der Waals surface area contributed by atoms with Gasteiger partial charge in [0, 0.05) is 0 Å². The van der Waals surface area contributed by atoms with Gasteiger partial charge in [0.05, 0.1) is 3.57 Å². The van der Waals surface area contributed by atoms with E-state index < -0.39 is 0 Å². The lowest BCUT2D eigenvalue weighted by molar-refractivity contribution is 0.304. The second-order valence-electron chi connectivity index (χ2n) is 3.71. The third kappa shape index (κ3) is 2.98. The summed E-state index contributed by atoms with van der Waals surface area (Å²) in [6.45, 7) is 2.70. The first-order chi connectivity index (χ1) is 7.75. The summed E-state index contributed by atoms with van der Waals surface area (Å²) >= 11 is 2.29. The standard InChI is InChI=1S/C14H13IO/c1-11-7-8-13(15)14(9-11)16-10-12-5-3-2-4-6-12/h2-9H,10H2,1H3. The summed E-state index contributed by atoms with van der Waals surface area (Å²) in [5.74, 6) is 0.962. The largest absolute Gasteiger partial charge is 0.488 e. The Kier molecular flexibility index (Phi) is 3.83. The third-order valence-electron chi connectivity index (χ3n) is 2.32. The minimum atomic E-state index is 0.625. The van der Waals surface area contributed by atoms with Crippen molar-refractivity contribution in [1.82, 2.24) is 0 Å². The highest BCUT2D eigenvalue weighted by Crippen LogP contribution is 2.22. The first-order valence-electron chi connectivity index (χ1n) is 5.18. The second-order valence-corrected chi connectivity index (χ2v) is 4.87. The van der Waals surface area contributed by atoms with Gasteiger partial charge in [-0.1, -0.05) is 36.4 Å². The molecule has 82 valence electrons. The molecule has 1 nitrogen and oxygen atoms in total. The van der Waals surface area contributed by atoms with E-state index in [-0.39, 0.29) is 0 Å². The van der Waals surface area contributed by atoms with E-state index in [0.717, 1.165) is 9.32 Å². The molecule has 2 aromatic carbocycles. The van der Waals surface area contributed by atoms with E-state index in [0.29, 0.717) is 6.61 Å². The normalized spacial score (nSPS) is 10.1. The van der Waals surface area contributed by atoms with Gasteiger partial charge in [0.25, 0.3) is 0 Å². The molecule has 2 aromatic rings. The highest BCUT2D eigenvalue weighted by molar-refractivity contribution is 14.1. The molecule has 0 spiro atoms. The molecule has 0 N–H and O–H groups in total. The number of hydrogen-bond acceptors (Lipinski definition) is 1. The fourth-order valence-electron chi connectivity index (χ4n) is 1.46. The van der Waals surface area contributed by atoms with Gasteiger partial charge in [-0.05, 0) is 52.8 Å². The van der Waals surface area contributed by atoms with E-state index >= 15 is 0 Å². The van der Waals surface area contributed by atoms with Crippen LogP contribution < -0.4 is 4.74 Å². The summed E-state index contributed by atoms with van der Waals surface area (Å²) in [6.07, 6.45) is 0. The van der Waals surface area contributed by atoms with Crippen LogP contribution in [-0.4, -0.2) is 0 Å². The fourth-order valence-corrected chi connectivity index (χ4v) is 1.95. The van der Waals surface area contributed by atoms with E-state index in [1.165, 1.54) is 11.1 Å². The van der Waals surface area contributed by atoms with Crippen molar-refractivity contribution in [3.63, 3.8) is 0 Å². The van der Waals surface area contributed by atoms with Crippen LogP contribution >= 0.6 is 22.6 Å². The van der Waals surface area contributed by atoms with Crippen LogP contribution in [0, 0.1) is 10.5 Å². The number of ether oxygens (including phenoxy) is 1. The lowest BCUT2D eigenvalue weighted by Crippen LogP contribution is -1.96. The second kappa shape index (κ2) is 5.34. The number of hydrogen-bond donors (Lipinski definition) is 0. The Balaban J connectivity index is 2.08. The van der Waals surface area contributed by atoms with Crippen LogP contribution in [-0.2, 0) is 6.61 Å². The molecule has 0 bridgehead atoms. The van der Waals surface area contributed by atoms with Crippen molar-refractivity contribution in [3.8, 4) is 5.75 Å². The van der Waals surface area contributed by atoms with Crippen molar-refractivity contribution < 1.29 is 4.74 Å². The zero-order valence-electron chi connectivity index (χ0n) is 9.11. The van der Waals surface area contributed by atoms with Crippen LogP contribution in [0.2, 0.25) is 0 Å². The van der Waals surface area contributed by atoms with Gasteiger partial charge < -0.3 is 4.74 Å². The van der Waals surface area contributed by atoms with Crippen LogP contribution in [0.15, 0.2) is 48.5 Å². The Morgan fingerprint density at radius 1 is 1.06 bits per heavy atom. The fraction of sp³-hybridized carbons (Fsp3) is 0.143. The summed E-state index contributed by atoms with van der Waals surface area (Å²) in [5.41, 5.74) is 2.42. The summed E-state index contributed by atoms with van der Waals surface area (Å²) < 4.78 is 6.95. The van der Waals surface area contributed by atoms with Crippen LogP contribution in [0.25, 0.3) is 0 Å². The number of halogens is 1. The SMILES string of the molecule is Cc1ccc(I)c(OCc2ccccc2)c1. The van der Waals surface area contributed by atoms with Gasteiger partial charge in [-0.25, -0.2) is 0 Å². The Morgan fingerprint density at radius 2 is 1.81 bits per heavy atom. The highest BCUT2D eigenvalue weighted by Gasteiger charge is 2.01. The molecule has 2 rings (SSSR count). The summed E-state index contributed by atoms with van der Waals surface area (Å²) in [4.78, 5) is 0. The predicted octanol–water partition coefficient (Wildman–Crippen LogP) is 4.18.